The van der Waals surface area contributed by atoms with Crippen LogP contribution in [0.25, 0.3) is 10.9 Å². The fourth-order valence-corrected chi connectivity index (χ4v) is 2.05. The summed E-state index contributed by atoms with van der Waals surface area (Å²) in [5, 5.41) is 12.4. The lowest BCUT2D eigenvalue weighted by atomic mass is 10.1. The van der Waals surface area contributed by atoms with Crippen molar-refractivity contribution in [3.63, 3.8) is 0 Å². The number of fused-ring (bicyclic) bond motifs is 1. The van der Waals surface area contributed by atoms with Crippen LogP contribution in [0, 0.1) is 0 Å². The average molecular weight is 285 g/mol. The smallest absolute Gasteiger partial charge is 0.389 e. The van der Waals surface area contributed by atoms with Crippen molar-refractivity contribution in [2.75, 3.05) is 0 Å². The van der Waals surface area contributed by atoms with E-state index in [1.54, 1.807) is 29.0 Å². The summed E-state index contributed by atoms with van der Waals surface area (Å²) in [6.45, 7) is 0.267. The van der Waals surface area contributed by atoms with Crippen LogP contribution in [0.2, 0.25) is 0 Å². The molecule has 1 heterocycles. The molecular weight excluding hydrogens is 271 g/mol. The van der Waals surface area contributed by atoms with E-state index in [0.29, 0.717) is 5.56 Å². The first kappa shape index (κ1) is 14.2. The molecule has 0 fully saturated rings. The fraction of sp³-hybridized carbons (Fsp3) is 0.308. The third-order valence-corrected chi connectivity index (χ3v) is 3.04. The van der Waals surface area contributed by atoms with Crippen LogP contribution in [0.5, 0.6) is 0 Å². The number of halogens is 3. The molecule has 1 aromatic carbocycles. The molecule has 2 aromatic rings. The van der Waals surface area contributed by atoms with Crippen molar-refractivity contribution in [1.29, 1.82) is 0 Å². The van der Waals surface area contributed by atoms with Gasteiger partial charge in [0.15, 0.2) is 5.84 Å². The molecule has 0 saturated heterocycles. The van der Waals surface area contributed by atoms with Gasteiger partial charge in [0.05, 0.1) is 0 Å². The summed E-state index contributed by atoms with van der Waals surface area (Å²) in [6.07, 6.45) is -3.20. The first-order chi connectivity index (χ1) is 9.40. The number of rotatable bonds is 4. The second-order valence-electron chi connectivity index (χ2n) is 4.49. The predicted octanol–water partition coefficient (Wildman–Crippen LogP) is 3.08. The summed E-state index contributed by atoms with van der Waals surface area (Å²) in [6, 6.07) is 6.98. The van der Waals surface area contributed by atoms with Crippen molar-refractivity contribution in [3.8, 4) is 0 Å². The van der Waals surface area contributed by atoms with Crippen molar-refractivity contribution < 1.29 is 18.4 Å². The topological polar surface area (TPSA) is 63.5 Å². The SMILES string of the molecule is N/C(=N/O)c1ccc2ccn(CCCC(F)(F)F)c2c1. The molecule has 0 spiro atoms. The maximum atomic E-state index is 12.1. The fourth-order valence-electron chi connectivity index (χ4n) is 2.05. The molecule has 0 saturated carbocycles. The molecule has 20 heavy (non-hydrogen) atoms. The van der Waals surface area contributed by atoms with Crippen LogP contribution in [0.4, 0.5) is 13.2 Å². The molecule has 108 valence electrons. The molecule has 4 nitrogen and oxygen atoms in total. The van der Waals surface area contributed by atoms with E-state index in [-0.39, 0.29) is 18.8 Å². The first-order valence-electron chi connectivity index (χ1n) is 6.04. The van der Waals surface area contributed by atoms with E-state index in [0.717, 1.165) is 10.9 Å². The van der Waals surface area contributed by atoms with Crippen LogP contribution in [-0.2, 0) is 6.54 Å². The van der Waals surface area contributed by atoms with Crippen LogP contribution in [0.1, 0.15) is 18.4 Å². The highest BCUT2D eigenvalue weighted by molar-refractivity contribution is 6.00. The van der Waals surface area contributed by atoms with Gasteiger partial charge in [0, 0.05) is 30.2 Å². The number of oxime groups is 1. The Labute approximate surface area is 113 Å². The number of aryl methyl sites for hydroxylation is 1. The highest BCUT2D eigenvalue weighted by Crippen LogP contribution is 2.23. The Morgan fingerprint density at radius 2 is 2.05 bits per heavy atom. The third kappa shape index (κ3) is 3.23. The minimum atomic E-state index is -4.14. The first-order valence-corrected chi connectivity index (χ1v) is 6.04. The highest BCUT2D eigenvalue weighted by atomic mass is 19.4. The summed E-state index contributed by atoms with van der Waals surface area (Å²) in [5.74, 6) is -0.0325. The van der Waals surface area contributed by atoms with E-state index >= 15 is 0 Å². The normalized spacial score (nSPS) is 13.1. The third-order valence-electron chi connectivity index (χ3n) is 3.04. The summed E-state index contributed by atoms with van der Waals surface area (Å²) >= 11 is 0. The van der Waals surface area contributed by atoms with E-state index in [9.17, 15) is 13.2 Å². The Balaban J connectivity index is 2.21. The van der Waals surface area contributed by atoms with Gasteiger partial charge in [0.2, 0.25) is 0 Å². The van der Waals surface area contributed by atoms with Gasteiger partial charge in [-0.3, -0.25) is 0 Å². The zero-order chi connectivity index (χ0) is 14.8. The highest BCUT2D eigenvalue weighted by Gasteiger charge is 2.26. The second kappa shape index (κ2) is 5.44. The minimum Gasteiger partial charge on any atom is -0.409 e. The quantitative estimate of drug-likeness (QED) is 0.392. The van der Waals surface area contributed by atoms with E-state index in [1.165, 1.54) is 0 Å². The maximum absolute atomic E-state index is 12.1. The number of nitrogens with two attached hydrogens (primary N) is 1. The molecule has 3 N–H and O–H groups in total. The monoisotopic (exact) mass is 285 g/mol. The number of nitrogens with zero attached hydrogens (tertiary/aromatic N) is 2. The van der Waals surface area contributed by atoms with Gasteiger partial charge in [0.1, 0.15) is 0 Å². The number of aromatic nitrogens is 1. The second-order valence-corrected chi connectivity index (χ2v) is 4.49. The van der Waals surface area contributed by atoms with Crippen molar-refractivity contribution >= 4 is 16.7 Å². The molecule has 1 aromatic heterocycles. The Morgan fingerprint density at radius 1 is 1.30 bits per heavy atom. The molecular formula is C13H14F3N3O. The van der Waals surface area contributed by atoms with E-state index < -0.39 is 12.6 Å². The molecule has 0 aliphatic heterocycles. The van der Waals surface area contributed by atoms with Gasteiger partial charge in [-0.2, -0.15) is 13.2 Å². The van der Waals surface area contributed by atoms with Crippen LogP contribution in [0.3, 0.4) is 0 Å². The molecule has 0 aliphatic rings. The molecule has 0 atom stereocenters. The zero-order valence-corrected chi connectivity index (χ0v) is 10.6. The summed E-state index contributed by atoms with van der Waals surface area (Å²) < 4.78 is 38.2. The minimum absolute atomic E-state index is 0.0150. The van der Waals surface area contributed by atoms with Crippen LogP contribution in [-0.4, -0.2) is 21.8 Å². The Morgan fingerprint density at radius 3 is 2.70 bits per heavy atom. The van der Waals surface area contributed by atoms with Crippen molar-refractivity contribution in [2.24, 2.45) is 10.9 Å². The van der Waals surface area contributed by atoms with E-state index in [4.69, 9.17) is 10.9 Å². The lowest BCUT2D eigenvalue weighted by Crippen LogP contribution is -2.13. The van der Waals surface area contributed by atoms with Gasteiger partial charge in [-0.25, -0.2) is 0 Å². The van der Waals surface area contributed by atoms with Gasteiger partial charge in [-0.1, -0.05) is 17.3 Å². The molecule has 2 rings (SSSR count). The number of hydrogen-bond acceptors (Lipinski definition) is 2. The van der Waals surface area contributed by atoms with Crippen LogP contribution >= 0.6 is 0 Å². The Hall–Kier alpha value is -2.18. The van der Waals surface area contributed by atoms with Crippen LogP contribution in [0.15, 0.2) is 35.6 Å². The number of amidine groups is 1. The van der Waals surface area contributed by atoms with Gasteiger partial charge in [0.25, 0.3) is 0 Å². The number of benzene rings is 1. The average Bonchev–Trinajstić information content (AvgIpc) is 2.79. The van der Waals surface area contributed by atoms with Gasteiger partial charge < -0.3 is 15.5 Å². The van der Waals surface area contributed by atoms with Crippen molar-refractivity contribution in [3.05, 3.63) is 36.0 Å². The van der Waals surface area contributed by atoms with Gasteiger partial charge >= 0.3 is 6.18 Å². The standard InChI is InChI=1S/C13H14F3N3O/c14-13(15,16)5-1-6-19-7-4-9-2-3-10(8-11(9)19)12(17)18-20/h2-4,7-8,20H,1,5-6H2,(H2,17,18). The summed E-state index contributed by atoms with van der Waals surface area (Å²) in [7, 11) is 0. The molecule has 0 amide bonds. The molecule has 0 radical (unpaired) electrons. The van der Waals surface area contributed by atoms with Gasteiger partial charge in [-0.15, -0.1) is 0 Å². The maximum Gasteiger partial charge on any atom is 0.389 e. The van der Waals surface area contributed by atoms with E-state index in [2.05, 4.69) is 5.16 Å². The van der Waals surface area contributed by atoms with Crippen LogP contribution < -0.4 is 5.73 Å². The molecule has 0 aliphatic carbocycles. The van der Waals surface area contributed by atoms with Crippen molar-refractivity contribution in [1.82, 2.24) is 4.57 Å². The number of hydrogen-bond donors (Lipinski definition) is 2. The largest absolute Gasteiger partial charge is 0.409 e. The zero-order valence-electron chi connectivity index (χ0n) is 10.6. The summed E-state index contributed by atoms with van der Waals surface area (Å²) in [4.78, 5) is 0. The lowest BCUT2D eigenvalue weighted by molar-refractivity contribution is -0.135. The van der Waals surface area contributed by atoms with Crippen molar-refractivity contribution in [2.45, 2.75) is 25.6 Å². The predicted molar refractivity (Wildman–Crippen MR) is 69.7 cm³/mol. The number of alkyl halides is 3. The van der Waals surface area contributed by atoms with E-state index in [1.807, 2.05) is 6.07 Å². The Kier molecular flexibility index (Phi) is 3.87. The van der Waals surface area contributed by atoms with Gasteiger partial charge in [-0.05, 0) is 23.9 Å². The lowest BCUT2D eigenvalue weighted by Gasteiger charge is -2.08. The summed E-state index contributed by atoms with van der Waals surface area (Å²) in [5.41, 5.74) is 6.79. The molecule has 7 heteroatoms. The molecule has 0 unspecified atom stereocenters. The Bertz CT molecular complexity index is 631. The molecule has 0 bridgehead atoms.